The van der Waals surface area contributed by atoms with E-state index in [-0.39, 0.29) is 11.6 Å². The standard InChI is InChI=1S/C14H22BN3O4/c1-9(2)12(14(20)17-10(3)15(21)22)18-13(19)11-7-5-4-6-8-16-11/h5-10,12,21-22H,4H2,1-3H3,(H,17,20)(H,18,19)/t10?,12-/m1/s1. The molecule has 22 heavy (non-hydrogen) atoms. The zero-order chi connectivity index (χ0) is 16.7. The number of amides is 2. The Morgan fingerprint density at radius 2 is 1.91 bits per heavy atom. The number of aliphatic imine (C=N–C) groups is 1. The number of hydrogen-bond donors (Lipinski definition) is 4. The van der Waals surface area contributed by atoms with E-state index in [1.54, 1.807) is 32.2 Å². The maximum atomic E-state index is 12.2. The van der Waals surface area contributed by atoms with Crippen LogP contribution in [-0.4, -0.2) is 46.7 Å². The maximum absolute atomic E-state index is 12.2. The minimum atomic E-state index is -1.66. The van der Waals surface area contributed by atoms with E-state index in [9.17, 15) is 9.59 Å². The van der Waals surface area contributed by atoms with E-state index in [0.717, 1.165) is 0 Å². The van der Waals surface area contributed by atoms with Crippen LogP contribution < -0.4 is 10.6 Å². The number of nitrogens with zero attached hydrogens (tertiary/aromatic N) is 1. The molecule has 0 saturated heterocycles. The highest BCUT2D eigenvalue weighted by Crippen LogP contribution is 2.04. The third-order valence-corrected chi connectivity index (χ3v) is 3.15. The fraction of sp³-hybridized carbons (Fsp3) is 0.500. The van der Waals surface area contributed by atoms with Crippen molar-refractivity contribution in [1.29, 1.82) is 0 Å². The average Bonchev–Trinajstić information content (AvgIpc) is 2.72. The number of carbonyl (C=O) groups is 2. The minimum absolute atomic E-state index is 0.169. The lowest BCUT2D eigenvalue weighted by atomic mass is 9.81. The molecule has 0 saturated carbocycles. The third kappa shape index (κ3) is 5.46. The van der Waals surface area contributed by atoms with Crippen LogP contribution in [0.5, 0.6) is 0 Å². The van der Waals surface area contributed by atoms with Crippen molar-refractivity contribution in [3.8, 4) is 0 Å². The molecule has 0 aromatic heterocycles. The molecule has 0 spiro atoms. The van der Waals surface area contributed by atoms with Crippen molar-refractivity contribution >= 4 is 24.6 Å². The van der Waals surface area contributed by atoms with E-state index in [0.29, 0.717) is 6.42 Å². The molecule has 8 heteroatoms. The molecule has 7 nitrogen and oxygen atoms in total. The fourth-order valence-electron chi connectivity index (χ4n) is 1.77. The Balaban J connectivity index is 2.75. The Labute approximate surface area is 130 Å². The van der Waals surface area contributed by atoms with Gasteiger partial charge in [0.1, 0.15) is 11.8 Å². The predicted molar refractivity (Wildman–Crippen MR) is 84.9 cm³/mol. The molecule has 1 aliphatic heterocycles. The van der Waals surface area contributed by atoms with Crippen LogP contribution >= 0.6 is 0 Å². The average molecular weight is 307 g/mol. The smallest absolute Gasteiger partial charge is 0.426 e. The van der Waals surface area contributed by atoms with Gasteiger partial charge in [-0.15, -0.1) is 0 Å². The Morgan fingerprint density at radius 3 is 2.50 bits per heavy atom. The van der Waals surface area contributed by atoms with Gasteiger partial charge < -0.3 is 20.7 Å². The van der Waals surface area contributed by atoms with E-state index >= 15 is 0 Å². The van der Waals surface area contributed by atoms with Crippen LogP contribution in [0.4, 0.5) is 0 Å². The van der Waals surface area contributed by atoms with Gasteiger partial charge in [-0.2, -0.15) is 0 Å². The quantitative estimate of drug-likeness (QED) is 0.498. The largest absolute Gasteiger partial charge is 0.475 e. The second kappa shape index (κ2) is 8.50. The molecule has 1 rings (SSSR count). The van der Waals surface area contributed by atoms with Crippen molar-refractivity contribution in [3.63, 3.8) is 0 Å². The first-order chi connectivity index (χ1) is 10.3. The molecule has 0 aromatic carbocycles. The van der Waals surface area contributed by atoms with Gasteiger partial charge in [-0.1, -0.05) is 26.0 Å². The van der Waals surface area contributed by atoms with Crippen LogP contribution in [0.1, 0.15) is 27.2 Å². The summed E-state index contributed by atoms with van der Waals surface area (Å²) in [7, 11) is -1.66. The number of carbonyl (C=O) groups excluding carboxylic acids is 2. The number of allylic oxidation sites excluding steroid dienone is 2. The van der Waals surface area contributed by atoms with Gasteiger partial charge >= 0.3 is 7.12 Å². The highest BCUT2D eigenvalue weighted by atomic mass is 16.4. The van der Waals surface area contributed by atoms with E-state index in [4.69, 9.17) is 10.0 Å². The molecule has 0 radical (unpaired) electrons. The van der Waals surface area contributed by atoms with E-state index < -0.39 is 30.9 Å². The first-order valence-electron chi connectivity index (χ1n) is 7.19. The highest BCUT2D eigenvalue weighted by molar-refractivity contribution is 6.44. The Morgan fingerprint density at radius 1 is 1.23 bits per heavy atom. The zero-order valence-electron chi connectivity index (χ0n) is 13.0. The van der Waals surface area contributed by atoms with Gasteiger partial charge in [0, 0.05) is 6.20 Å². The molecular formula is C14H22BN3O4. The lowest BCUT2D eigenvalue weighted by Crippen LogP contribution is -2.55. The molecule has 2 atom stereocenters. The topological polar surface area (TPSA) is 111 Å². The summed E-state index contributed by atoms with van der Waals surface area (Å²) in [5, 5.41) is 23.1. The number of rotatable bonds is 6. The molecule has 120 valence electrons. The van der Waals surface area contributed by atoms with Gasteiger partial charge in [0.2, 0.25) is 5.91 Å². The van der Waals surface area contributed by atoms with Crippen molar-refractivity contribution in [3.05, 3.63) is 24.4 Å². The van der Waals surface area contributed by atoms with Crippen LogP contribution in [-0.2, 0) is 9.59 Å². The van der Waals surface area contributed by atoms with Crippen LogP contribution in [0, 0.1) is 5.92 Å². The lowest BCUT2D eigenvalue weighted by Gasteiger charge is -2.23. The molecule has 0 fully saturated rings. The van der Waals surface area contributed by atoms with Crippen LogP contribution in [0.25, 0.3) is 0 Å². The van der Waals surface area contributed by atoms with E-state index in [2.05, 4.69) is 15.6 Å². The Hall–Kier alpha value is -1.93. The van der Waals surface area contributed by atoms with Gasteiger partial charge in [0.05, 0.1) is 5.94 Å². The molecule has 0 aliphatic carbocycles. The van der Waals surface area contributed by atoms with E-state index in [1.807, 2.05) is 6.08 Å². The molecule has 2 amide bonds. The molecule has 0 bridgehead atoms. The van der Waals surface area contributed by atoms with Gasteiger partial charge in [0.25, 0.3) is 5.91 Å². The van der Waals surface area contributed by atoms with Gasteiger partial charge in [-0.3, -0.25) is 14.6 Å². The summed E-state index contributed by atoms with van der Waals surface area (Å²) in [5.41, 5.74) is 0.224. The van der Waals surface area contributed by atoms with Gasteiger partial charge in [-0.05, 0) is 25.3 Å². The molecule has 1 aliphatic rings. The monoisotopic (exact) mass is 307 g/mol. The van der Waals surface area contributed by atoms with E-state index in [1.165, 1.54) is 6.92 Å². The molecule has 0 aromatic rings. The SMILES string of the molecule is CC(NC(=O)[C@H](NC(=O)C1=NC=CCC=C1)C(C)C)B(O)O. The van der Waals surface area contributed by atoms with Crippen molar-refractivity contribution in [2.24, 2.45) is 10.9 Å². The van der Waals surface area contributed by atoms with Crippen LogP contribution in [0.3, 0.4) is 0 Å². The number of nitrogens with one attached hydrogen (secondary N) is 2. The summed E-state index contributed by atoms with van der Waals surface area (Å²) >= 11 is 0. The maximum Gasteiger partial charge on any atom is 0.475 e. The van der Waals surface area contributed by atoms with Crippen molar-refractivity contribution < 1.29 is 19.6 Å². The first kappa shape index (κ1) is 18.1. The summed E-state index contributed by atoms with van der Waals surface area (Å²) in [5.74, 6) is -1.92. The molecular weight excluding hydrogens is 285 g/mol. The van der Waals surface area contributed by atoms with Crippen molar-refractivity contribution in [2.75, 3.05) is 0 Å². The van der Waals surface area contributed by atoms with Crippen LogP contribution in [0.2, 0.25) is 0 Å². The summed E-state index contributed by atoms with van der Waals surface area (Å²) < 4.78 is 0. The predicted octanol–water partition coefficient (Wildman–Crippen LogP) is -0.441. The Bertz CT molecular complexity index is 500. The second-order valence-corrected chi connectivity index (χ2v) is 5.44. The first-order valence-corrected chi connectivity index (χ1v) is 7.19. The van der Waals surface area contributed by atoms with Crippen molar-refractivity contribution in [1.82, 2.24) is 10.6 Å². The number of hydrogen-bond acceptors (Lipinski definition) is 5. The molecule has 1 unspecified atom stereocenters. The van der Waals surface area contributed by atoms with Crippen molar-refractivity contribution in [2.45, 2.75) is 39.2 Å². The normalized spacial score (nSPS) is 16.5. The summed E-state index contributed by atoms with van der Waals surface area (Å²) in [6.45, 7) is 5.04. The summed E-state index contributed by atoms with van der Waals surface area (Å²) in [4.78, 5) is 28.4. The molecule has 4 N–H and O–H groups in total. The Kier molecular flexibility index (Phi) is 7.00. The van der Waals surface area contributed by atoms with Gasteiger partial charge in [0.15, 0.2) is 0 Å². The molecule has 1 heterocycles. The highest BCUT2D eigenvalue weighted by Gasteiger charge is 2.29. The summed E-state index contributed by atoms with van der Waals surface area (Å²) in [6.07, 6.45) is 7.46. The van der Waals surface area contributed by atoms with Crippen LogP contribution in [0.15, 0.2) is 29.4 Å². The minimum Gasteiger partial charge on any atom is -0.426 e. The lowest BCUT2D eigenvalue weighted by molar-refractivity contribution is -0.127. The summed E-state index contributed by atoms with van der Waals surface area (Å²) in [6, 6.07) is -0.794. The zero-order valence-corrected chi connectivity index (χ0v) is 13.0. The second-order valence-electron chi connectivity index (χ2n) is 5.44. The fourth-order valence-corrected chi connectivity index (χ4v) is 1.77. The van der Waals surface area contributed by atoms with Gasteiger partial charge in [-0.25, -0.2) is 0 Å². The third-order valence-electron chi connectivity index (χ3n) is 3.15.